The largest absolute Gasteiger partial charge is 0.503 e. The minimum Gasteiger partial charge on any atom is -0.503 e. The van der Waals surface area contributed by atoms with Gasteiger partial charge in [-0.3, -0.25) is 19.2 Å². The number of carbonyl (C=O) groups excluding carboxylic acids is 3. The van der Waals surface area contributed by atoms with Gasteiger partial charge in [-0.25, -0.2) is 4.39 Å². The summed E-state index contributed by atoms with van der Waals surface area (Å²) in [6.45, 7) is 3.34. The van der Waals surface area contributed by atoms with Gasteiger partial charge in [0.1, 0.15) is 17.5 Å². The quantitative estimate of drug-likeness (QED) is 0.684. The van der Waals surface area contributed by atoms with Crippen LogP contribution in [0.3, 0.4) is 0 Å². The van der Waals surface area contributed by atoms with Gasteiger partial charge in [0, 0.05) is 37.3 Å². The number of benzene rings is 1. The summed E-state index contributed by atoms with van der Waals surface area (Å²) in [4.78, 5) is 54.9. The Bertz CT molecular complexity index is 1330. The number of hydrogen-bond donors (Lipinski definition) is 2. The van der Waals surface area contributed by atoms with Crippen LogP contribution in [-0.2, 0) is 17.8 Å². The molecule has 1 aromatic carbocycles. The number of nitrogens with zero attached hydrogens (tertiary/aromatic N) is 3. The smallest absolute Gasteiger partial charge is 0.276 e. The molecule has 4 heterocycles. The maximum absolute atomic E-state index is 14.2. The van der Waals surface area contributed by atoms with Gasteiger partial charge in [-0.15, -0.1) is 0 Å². The predicted molar refractivity (Wildman–Crippen MR) is 119 cm³/mol. The first-order chi connectivity index (χ1) is 16.1. The van der Waals surface area contributed by atoms with Gasteiger partial charge in [0.2, 0.25) is 11.3 Å². The fourth-order valence-electron chi connectivity index (χ4n) is 5.54. The summed E-state index contributed by atoms with van der Waals surface area (Å²) in [5.41, 5.74) is -0.932. The average molecular weight is 489 g/mol. The molecule has 3 amide bonds. The first kappa shape index (κ1) is 22.4. The zero-order valence-corrected chi connectivity index (χ0v) is 19.2. The Morgan fingerprint density at radius 2 is 2.03 bits per heavy atom. The predicted octanol–water partition coefficient (Wildman–Crippen LogP) is 1.80. The maximum Gasteiger partial charge on any atom is 0.276 e. The van der Waals surface area contributed by atoms with Gasteiger partial charge in [0.15, 0.2) is 11.4 Å². The van der Waals surface area contributed by atoms with Crippen LogP contribution in [0.5, 0.6) is 5.75 Å². The number of carbonyl (C=O) groups is 3. The van der Waals surface area contributed by atoms with Crippen LogP contribution in [0.25, 0.3) is 0 Å². The summed E-state index contributed by atoms with van der Waals surface area (Å²) in [6, 6.07) is 3.75. The Kier molecular flexibility index (Phi) is 5.16. The molecule has 0 aliphatic carbocycles. The molecule has 2 N–H and O–H groups in total. The number of rotatable bonds is 3. The molecule has 9 nitrogen and oxygen atoms in total. The van der Waals surface area contributed by atoms with Gasteiger partial charge in [0.25, 0.3) is 11.8 Å². The molecule has 1 saturated heterocycles. The fraction of sp³-hybridized carbons (Fsp3) is 0.391. The maximum atomic E-state index is 14.2. The van der Waals surface area contributed by atoms with Crippen molar-refractivity contribution in [3.63, 3.8) is 0 Å². The normalized spacial score (nSPS) is 22.6. The standard InChI is InChI=1S/C23H22ClFN4O5/c1-10-9-27-22(28(10)11(2)30)15-7-6-14-16(19(31)20(32)18(23(27)34)29(14)15)21(33)26-8-12-4-3-5-13(24)17(12)25/h3-5,10,15,22,32H,6-9H2,1-2H3,(H,26,33)/t10-,15?,22?/m0/s1. The summed E-state index contributed by atoms with van der Waals surface area (Å²) in [7, 11) is 0. The van der Waals surface area contributed by atoms with Gasteiger partial charge in [-0.2, -0.15) is 0 Å². The Morgan fingerprint density at radius 1 is 1.29 bits per heavy atom. The van der Waals surface area contributed by atoms with Crippen molar-refractivity contribution in [2.24, 2.45) is 0 Å². The molecule has 1 aromatic heterocycles. The van der Waals surface area contributed by atoms with Crippen molar-refractivity contribution in [3.05, 3.63) is 61.8 Å². The van der Waals surface area contributed by atoms with E-state index in [4.69, 9.17) is 11.6 Å². The van der Waals surface area contributed by atoms with Crippen LogP contribution in [0, 0.1) is 5.82 Å². The van der Waals surface area contributed by atoms with Crippen LogP contribution >= 0.6 is 11.6 Å². The van der Waals surface area contributed by atoms with Crippen LogP contribution < -0.4 is 10.7 Å². The SMILES string of the molecule is CC(=O)N1C2C3CCc4c(C(=O)NCc5cccc(Cl)c5F)c(=O)c(O)c(n43)C(=O)N2C[C@@H]1C. The number of amides is 3. The molecular formula is C23H22ClFN4O5. The molecule has 178 valence electrons. The van der Waals surface area contributed by atoms with Crippen molar-refractivity contribution in [2.45, 2.75) is 51.5 Å². The number of fused-ring (bicyclic) bond motifs is 2. The highest BCUT2D eigenvalue weighted by atomic mass is 35.5. The number of aromatic nitrogens is 1. The number of nitrogens with one attached hydrogen (secondary N) is 1. The van der Waals surface area contributed by atoms with E-state index in [0.29, 0.717) is 18.5 Å². The number of hydrogen-bond acceptors (Lipinski definition) is 5. The van der Waals surface area contributed by atoms with Crippen molar-refractivity contribution in [1.29, 1.82) is 0 Å². The van der Waals surface area contributed by atoms with E-state index in [1.165, 1.54) is 30.0 Å². The molecule has 3 atom stereocenters. The van der Waals surface area contributed by atoms with Gasteiger partial charge < -0.3 is 24.8 Å². The van der Waals surface area contributed by atoms with E-state index in [1.807, 2.05) is 6.92 Å². The third-order valence-corrected chi connectivity index (χ3v) is 7.20. The lowest BCUT2D eigenvalue weighted by Gasteiger charge is -2.40. The number of aromatic hydroxyl groups is 1. The molecule has 2 unspecified atom stereocenters. The lowest BCUT2D eigenvalue weighted by molar-refractivity contribution is -0.133. The van der Waals surface area contributed by atoms with E-state index in [1.54, 1.807) is 9.47 Å². The van der Waals surface area contributed by atoms with Crippen molar-refractivity contribution in [2.75, 3.05) is 6.54 Å². The molecule has 3 aliphatic rings. The first-order valence-electron chi connectivity index (χ1n) is 10.9. The van der Waals surface area contributed by atoms with E-state index < -0.39 is 41.0 Å². The van der Waals surface area contributed by atoms with Gasteiger partial charge >= 0.3 is 0 Å². The van der Waals surface area contributed by atoms with Gasteiger partial charge in [0.05, 0.1) is 11.1 Å². The van der Waals surface area contributed by atoms with E-state index >= 15 is 0 Å². The lowest BCUT2D eigenvalue weighted by Crippen LogP contribution is -2.54. The second kappa shape index (κ2) is 7.83. The molecule has 1 fully saturated rings. The second-order valence-corrected chi connectivity index (χ2v) is 9.27. The Balaban J connectivity index is 1.56. The fourth-order valence-corrected chi connectivity index (χ4v) is 5.74. The highest BCUT2D eigenvalue weighted by molar-refractivity contribution is 6.30. The summed E-state index contributed by atoms with van der Waals surface area (Å²) < 4.78 is 15.8. The highest BCUT2D eigenvalue weighted by Crippen LogP contribution is 2.44. The van der Waals surface area contributed by atoms with Crippen LogP contribution in [0.4, 0.5) is 4.39 Å². The molecule has 2 aromatic rings. The Hall–Kier alpha value is -3.40. The number of halogens is 2. The van der Waals surface area contributed by atoms with Crippen molar-refractivity contribution in [1.82, 2.24) is 19.7 Å². The molecule has 3 aliphatic heterocycles. The van der Waals surface area contributed by atoms with Crippen molar-refractivity contribution >= 4 is 29.3 Å². The average Bonchev–Trinajstić information content (AvgIpc) is 3.36. The third kappa shape index (κ3) is 3.04. The van der Waals surface area contributed by atoms with Crippen LogP contribution in [0.15, 0.2) is 23.0 Å². The third-order valence-electron chi connectivity index (χ3n) is 6.90. The molecule has 0 spiro atoms. The zero-order chi connectivity index (χ0) is 24.5. The van der Waals surface area contributed by atoms with E-state index in [0.717, 1.165) is 0 Å². The van der Waals surface area contributed by atoms with E-state index in [2.05, 4.69) is 5.32 Å². The van der Waals surface area contributed by atoms with Crippen LogP contribution in [0.2, 0.25) is 5.02 Å². The van der Waals surface area contributed by atoms with E-state index in [9.17, 15) is 28.7 Å². The van der Waals surface area contributed by atoms with Crippen molar-refractivity contribution < 1.29 is 23.9 Å². The molecule has 0 bridgehead atoms. The summed E-state index contributed by atoms with van der Waals surface area (Å²) in [6.07, 6.45) is 0.218. The second-order valence-electron chi connectivity index (χ2n) is 8.87. The monoisotopic (exact) mass is 488 g/mol. The lowest BCUT2D eigenvalue weighted by atomic mass is 10.1. The molecule has 34 heavy (non-hydrogen) atoms. The first-order valence-corrected chi connectivity index (χ1v) is 11.3. The zero-order valence-electron chi connectivity index (χ0n) is 18.5. The van der Waals surface area contributed by atoms with Crippen LogP contribution in [0.1, 0.15) is 58.4 Å². The number of pyridine rings is 1. The Labute approximate surface area is 198 Å². The van der Waals surface area contributed by atoms with Gasteiger partial charge in [-0.05, 0) is 25.8 Å². The van der Waals surface area contributed by atoms with Crippen molar-refractivity contribution in [3.8, 4) is 5.75 Å². The highest BCUT2D eigenvalue weighted by Gasteiger charge is 2.53. The van der Waals surface area contributed by atoms with E-state index in [-0.39, 0.29) is 46.9 Å². The molecule has 0 radical (unpaired) electrons. The Morgan fingerprint density at radius 3 is 2.74 bits per heavy atom. The summed E-state index contributed by atoms with van der Waals surface area (Å²) >= 11 is 5.79. The van der Waals surface area contributed by atoms with Gasteiger partial charge in [-0.1, -0.05) is 23.7 Å². The summed E-state index contributed by atoms with van der Waals surface area (Å²) in [5, 5.41) is 13.1. The molecule has 0 saturated carbocycles. The molecule has 11 heteroatoms. The van der Waals surface area contributed by atoms with Crippen LogP contribution in [-0.4, -0.2) is 55.9 Å². The molecular weight excluding hydrogens is 467 g/mol. The minimum absolute atomic E-state index is 0.0939. The minimum atomic E-state index is -0.951. The summed E-state index contributed by atoms with van der Waals surface area (Å²) in [5.74, 6) is -3.00. The topological polar surface area (TPSA) is 112 Å². The molecule has 5 rings (SSSR count).